The summed E-state index contributed by atoms with van der Waals surface area (Å²) in [6, 6.07) is 3.57. The molecule has 16 heavy (non-hydrogen) atoms. The summed E-state index contributed by atoms with van der Waals surface area (Å²) in [5.74, 6) is -1.03. The number of aliphatic carboxylic acids is 1. The second-order valence-electron chi connectivity index (χ2n) is 4.31. The number of halogens is 1. The lowest BCUT2D eigenvalue weighted by molar-refractivity contribution is -0.308. The highest BCUT2D eigenvalue weighted by Gasteiger charge is 2.24. The summed E-state index contributed by atoms with van der Waals surface area (Å²) in [6.45, 7) is 0. The molecule has 0 N–H and O–H groups in total. The van der Waals surface area contributed by atoms with Crippen LogP contribution in [0.4, 0.5) is 0 Å². The van der Waals surface area contributed by atoms with Crippen molar-refractivity contribution in [2.45, 2.75) is 31.6 Å². The number of carbonyl (C=O) groups is 1. The van der Waals surface area contributed by atoms with Gasteiger partial charge in [-0.25, -0.2) is 0 Å². The van der Waals surface area contributed by atoms with E-state index >= 15 is 0 Å². The number of nitrogens with zero attached hydrogens (tertiary/aromatic N) is 1. The average molecular weight is 283 g/mol. The molecule has 0 aliphatic heterocycles. The number of pyridine rings is 1. The molecule has 1 heterocycles. The first-order valence-electron chi connectivity index (χ1n) is 5.49. The Labute approximate surface area is 103 Å². The van der Waals surface area contributed by atoms with Gasteiger partial charge in [0.25, 0.3) is 0 Å². The molecule has 1 unspecified atom stereocenters. The van der Waals surface area contributed by atoms with E-state index in [1.54, 1.807) is 12.3 Å². The fourth-order valence-electron chi connectivity index (χ4n) is 1.99. The zero-order chi connectivity index (χ0) is 11.5. The Morgan fingerprint density at radius 3 is 2.75 bits per heavy atom. The maximum absolute atomic E-state index is 11.1. The molecule has 0 spiro atoms. The third-order valence-corrected chi connectivity index (χ3v) is 3.65. The number of rotatable bonds is 4. The van der Waals surface area contributed by atoms with Gasteiger partial charge < -0.3 is 9.90 Å². The predicted molar refractivity (Wildman–Crippen MR) is 61.6 cm³/mol. The van der Waals surface area contributed by atoms with Gasteiger partial charge >= 0.3 is 0 Å². The van der Waals surface area contributed by atoms with Gasteiger partial charge in [-0.15, -0.1) is 0 Å². The van der Waals surface area contributed by atoms with Gasteiger partial charge in [0.2, 0.25) is 0 Å². The highest BCUT2D eigenvalue weighted by Crippen LogP contribution is 2.35. The van der Waals surface area contributed by atoms with E-state index in [0.717, 1.165) is 17.3 Å². The normalized spacial score (nSPS) is 17.8. The first-order chi connectivity index (χ1) is 7.66. The number of hydrogen-bond donors (Lipinski definition) is 0. The Morgan fingerprint density at radius 2 is 2.31 bits per heavy atom. The lowest BCUT2D eigenvalue weighted by atomic mass is 9.78. The van der Waals surface area contributed by atoms with Crippen molar-refractivity contribution in [1.29, 1.82) is 0 Å². The van der Waals surface area contributed by atoms with Crippen LogP contribution in [-0.4, -0.2) is 11.0 Å². The van der Waals surface area contributed by atoms with Crippen LogP contribution in [0.3, 0.4) is 0 Å². The maximum atomic E-state index is 11.1. The van der Waals surface area contributed by atoms with Crippen molar-refractivity contribution in [2.75, 3.05) is 0 Å². The zero-order valence-corrected chi connectivity index (χ0v) is 10.4. The van der Waals surface area contributed by atoms with Crippen molar-refractivity contribution in [1.82, 2.24) is 4.98 Å². The number of carboxylic acid groups (broad SMARTS) is 1. The molecule has 1 fully saturated rings. The molecule has 86 valence electrons. The highest BCUT2D eigenvalue weighted by atomic mass is 79.9. The summed E-state index contributed by atoms with van der Waals surface area (Å²) >= 11 is 3.28. The third-order valence-electron chi connectivity index (χ3n) is 3.19. The van der Waals surface area contributed by atoms with Gasteiger partial charge in [0.1, 0.15) is 0 Å². The van der Waals surface area contributed by atoms with Crippen molar-refractivity contribution in [3.05, 3.63) is 28.5 Å². The van der Waals surface area contributed by atoms with Crippen LogP contribution in [0.15, 0.2) is 22.8 Å². The van der Waals surface area contributed by atoms with Crippen LogP contribution in [0, 0.1) is 5.92 Å². The summed E-state index contributed by atoms with van der Waals surface area (Å²) in [6.07, 6.45) is 5.79. The van der Waals surface area contributed by atoms with E-state index in [-0.39, 0.29) is 0 Å². The molecule has 3 nitrogen and oxygen atoms in total. The molecular weight excluding hydrogens is 270 g/mol. The van der Waals surface area contributed by atoms with Crippen molar-refractivity contribution in [2.24, 2.45) is 5.92 Å². The Hall–Kier alpha value is -0.900. The lowest BCUT2D eigenvalue weighted by Crippen LogP contribution is -2.32. The Bertz CT molecular complexity index is 373. The lowest BCUT2D eigenvalue weighted by Gasteiger charge is -2.29. The van der Waals surface area contributed by atoms with E-state index < -0.39 is 11.9 Å². The summed E-state index contributed by atoms with van der Waals surface area (Å²) in [7, 11) is 0. The van der Waals surface area contributed by atoms with E-state index in [1.165, 1.54) is 6.42 Å². The van der Waals surface area contributed by atoms with Crippen molar-refractivity contribution in [3.63, 3.8) is 0 Å². The Morgan fingerprint density at radius 1 is 1.56 bits per heavy atom. The molecular formula is C12H13BrNO2-. The first kappa shape index (κ1) is 11.6. The van der Waals surface area contributed by atoms with Crippen LogP contribution < -0.4 is 5.11 Å². The van der Waals surface area contributed by atoms with Crippen LogP contribution in [0.1, 0.15) is 37.3 Å². The van der Waals surface area contributed by atoms with Gasteiger partial charge in [0, 0.05) is 22.3 Å². The first-order valence-corrected chi connectivity index (χ1v) is 6.28. The molecule has 0 aromatic carbocycles. The van der Waals surface area contributed by atoms with E-state index in [9.17, 15) is 9.90 Å². The fourth-order valence-corrected chi connectivity index (χ4v) is 2.23. The second kappa shape index (κ2) is 4.95. The Balaban J connectivity index is 2.11. The third kappa shape index (κ3) is 2.61. The van der Waals surface area contributed by atoms with E-state index in [2.05, 4.69) is 20.9 Å². The highest BCUT2D eigenvalue weighted by molar-refractivity contribution is 9.10. The van der Waals surface area contributed by atoms with Gasteiger partial charge in [-0.05, 0) is 40.4 Å². The molecule has 0 bridgehead atoms. The Kier molecular flexibility index (Phi) is 3.59. The fraction of sp³-hybridized carbons (Fsp3) is 0.500. The molecule has 0 radical (unpaired) electrons. The van der Waals surface area contributed by atoms with Gasteiger partial charge in [-0.2, -0.15) is 0 Å². The van der Waals surface area contributed by atoms with Crippen LogP contribution in [0.2, 0.25) is 0 Å². The molecule has 1 aliphatic rings. The molecule has 4 heteroatoms. The smallest absolute Gasteiger partial charge is 0.0505 e. The number of aromatic nitrogens is 1. The largest absolute Gasteiger partial charge is 0.549 e. The summed E-state index contributed by atoms with van der Waals surface area (Å²) in [5, 5.41) is 11.1. The van der Waals surface area contributed by atoms with Crippen molar-refractivity contribution in [3.8, 4) is 0 Å². The quantitative estimate of drug-likeness (QED) is 0.847. The van der Waals surface area contributed by atoms with Crippen LogP contribution in [0.25, 0.3) is 0 Å². The molecule has 1 saturated carbocycles. The summed E-state index contributed by atoms with van der Waals surface area (Å²) < 4.78 is 0.858. The minimum Gasteiger partial charge on any atom is -0.549 e. The van der Waals surface area contributed by atoms with Crippen molar-refractivity contribution >= 4 is 21.9 Å². The monoisotopic (exact) mass is 282 g/mol. The molecule has 0 saturated heterocycles. The molecule has 1 atom stereocenters. The topological polar surface area (TPSA) is 53.0 Å². The maximum Gasteiger partial charge on any atom is 0.0505 e. The summed E-state index contributed by atoms with van der Waals surface area (Å²) in [5.41, 5.74) is 0.607. The SMILES string of the molecule is O=C([O-])C(CC1CCC1)c1ccc(Br)cn1. The predicted octanol–water partition coefficient (Wildman–Crippen LogP) is 1.87. The molecule has 1 aromatic heterocycles. The standard InChI is InChI=1S/C12H14BrNO2/c13-9-4-5-11(14-7-9)10(12(15)16)6-8-2-1-3-8/h4-5,7-8,10H,1-3,6H2,(H,15,16)/p-1. The van der Waals surface area contributed by atoms with Crippen LogP contribution >= 0.6 is 15.9 Å². The van der Waals surface area contributed by atoms with Crippen molar-refractivity contribution < 1.29 is 9.90 Å². The van der Waals surface area contributed by atoms with Crippen LogP contribution in [-0.2, 0) is 4.79 Å². The average Bonchev–Trinajstić information content (AvgIpc) is 2.18. The van der Waals surface area contributed by atoms with Gasteiger partial charge in [0.15, 0.2) is 0 Å². The molecule has 1 aliphatic carbocycles. The van der Waals surface area contributed by atoms with E-state index in [1.807, 2.05) is 6.07 Å². The van der Waals surface area contributed by atoms with Crippen LogP contribution in [0.5, 0.6) is 0 Å². The minimum absolute atomic E-state index is 0.536. The van der Waals surface area contributed by atoms with Gasteiger partial charge in [0.05, 0.1) is 5.97 Å². The van der Waals surface area contributed by atoms with Gasteiger partial charge in [-0.1, -0.05) is 19.3 Å². The number of carboxylic acids is 1. The number of carbonyl (C=O) groups excluding carboxylic acids is 1. The van der Waals surface area contributed by atoms with E-state index in [0.29, 0.717) is 18.0 Å². The summed E-state index contributed by atoms with van der Waals surface area (Å²) in [4.78, 5) is 15.2. The minimum atomic E-state index is -1.01. The zero-order valence-electron chi connectivity index (χ0n) is 8.86. The van der Waals surface area contributed by atoms with Gasteiger partial charge in [-0.3, -0.25) is 4.98 Å². The number of hydrogen-bond acceptors (Lipinski definition) is 3. The van der Waals surface area contributed by atoms with E-state index in [4.69, 9.17) is 0 Å². The molecule has 1 aromatic rings. The molecule has 2 rings (SSSR count). The molecule has 0 amide bonds. The second-order valence-corrected chi connectivity index (χ2v) is 5.22.